The first-order valence-corrected chi connectivity index (χ1v) is 9.82. The maximum Gasteiger partial charge on any atom is 0.264 e. The Morgan fingerprint density at radius 2 is 1.86 bits per heavy atom. The summed E-state index contributed by atoms with van der Waals surface area (Å²) in [7, 11) is 1.47. The van der Waals surface area contributed by atoms with Crippen LogP contribution in [0.5, 0.6) is 0 Å². The number of benzene rings is 2. The topological polar surface area (TPSA) is 73.2 Å². The number of carbonyl (C=O) groups excluding carboxylic acids is 2. The van der Waals surface area contributed by atoms with Gasteiger partial charge in [0.05, 0.1) is 5.25 Å². The standard InChI is InChI=1S/C22H21N3O2S/c1-14-8-10-17(11-9-14)25-21(27)19(12-16-7-5-4-6-15(16)2)28-22(25)18(13-23)20(26)24-3/h4-11,19H,12H2,1-3H3,(H,24,26)/b22-18+/t19-/m1/s1. The number of likely N-dealkylation sites (N-methyl/N-ethyl adjacent to an activating group) is 1. The van der Waals surface area contributed by atoms with Gasteiger partial charge in [-0.3, -0.25) is 14.5 Å². The molecule has 0 aliphatic carbocycles. The second-order valence-electron chi connectivity index (χ2n) is 6.62. The molecule has 0 aromatic heterocycles. The highest BCUT2D eigenvalue weighted by molar-refractivity contribution is 8.05. The minimum Gasteiger partial charge on any atom is -0.354 e. The molecule has 1 fully saturated rings. The maximum absolute atomic E-state index is 13.3. The van der Waals surface area contributed by atoms with Gasteiger partial charge >= 0.3 is 0 Å². The van der Waals surface area contributed by atoms with Gasteiger partial charge in [-0.15, -0.1) is 0 Å². The number of amides is 2. The van der Waals surface area contributed by atoms with Crippen LogP contribution in [0, 0.1) is 25.2 Å². The van der Waals surface area contributed by atoms with Crippen LogP contribution in [0.15, 0.2) is 59.1 Å². The molecule has 142 valence electrons. The molecule has 1 saturated heterocycles. The van der Waals surface area contributed by atoms with Crippen molar-refractivity contribution in [3.05, 3.63) is 75.8 Å². The molecule has 2 aromatic carbocycles. The van der Waals surface area contributed by atoms with Crippen molar-refractivity contribution < 1.29 is 9.59 Å². The van der Waals surface area contributed by atoms with E-state index in [1.807, 2.05) is 68.4 Å². The molecule has 1 heterocycles. The van der Waals surface area contributed by atoms with Gasteiger partial charge in [0.1, 0.15) is 16.7 Å². The summed E-state index contributed by atoms with van der Waals surface area (Å²) in [6.45, 7) is 3.98. The molecule has 1 aliphatic heterocycles. The summed E-state index contributed by atoms with van der Waals surface area (Å²) in [4.78, 5) is 27.0. The van der Waals surface area contributed by atoms with E-state index < -0.39 is 11.2 Å². The van der Waals surface area contributed by atoms with Crippen LogP contribution in [0.4, 0.5) is 5.69 Å². The Bertz CT molecular complexity index is 990. The van der Waals surface area contributed by atoms with E-state index in [4.69, 9.17) is 0 Å². The van der Waals surface area contributed by atoms with Crippen molar-refractivity contribution in [2.24, 2.45) is 0 Å². The third-order valence-corrected chi connectivity index (χ3v) is 5.95. The molecule has 0 spiro atoms. The summed E-state index contributed by atoms with van der Waals surface area (Å²) in [5, 5.41) is 12.1. The Kier molecular flexibility index (Phi) is 5.86. The van der Waals surface area contributed by atoms with Crippen molar-refractivity contribution in [1.82, 2.24) is 5.32 Å². The molecule has 5 nitrogen and oxygen atoms in total. The molecule has 1 N–H and O–H groups in total. The second kappa shape index (κ2) is 8.32. The van der Waals surface area contributed by atoms with Crippen LogP contribution in [0.3, 0.4) is 0 Å². The molecule has 0 bridgehead atoms. The number of hydrogen-bond acceptors (Lipinski definition) is 4. The molecular weight excluding hydrogens is 370 g/mol. The average molecular weight is 391 g/mol. The van der Waals surface area contributed by atoms with E-state index in [0.717, 1.165) is 16.7 Å². The quantitative estimate of drug-likeness (QED) is 0.640. The fraction of sp³-hybridized carbons (Fsp3) is 0.227. The van der Waals surface area contributed by atoms with Crippen molar-refractivity contribution in [3.8, 4) is 6.07 Å². The third kappa shape index (κ3) is 3.80. The summed E-state index contributed by atoms with van der Waals surface area (Å²) in [6.07, 6.45) is 0.536. The lowest BCUT2D eigenvalue weighted by molar-refractivity contribution is -0.117. The summed E-state index contributed by atoms with van der Waals surface area (Å²) >= 11 is 1.28. The smallest absolute Gasteiger partial charge is 0.264 e. The minimum absolute atomic E-state index is 0.0475. The zero-order valence-corrected chi connectivity index (χ0v) is 16.8. The van der Waals surface area contributed by atoms with Crippen molar-refractivity contribution >= 4 is 29.3 Å². The lowest BCUT2D eigenvalue weighted by atomic mass is 10.0. The number of nitrogens with zero attached hydrogens (tertiary/aromatic N) is 2. The minimum atomic E-state index is -0.494. The largest absolute Gasteiger partial charge is 0.354 e. The number of thioether (sulfide) groups is 1. The van der Waals surface area contributed by atoms with Gasteiger partial charge in [0.2, 0.25) is 5.91 Å². The summed E-state index contributed by atoms with van der Waals surface area (Å²) in [5.41, 5.74) is 3.87. The van der Waals surface area contributed by atoms with E-state index >= 15 is 0 Å². The zero-order valence-electron chi connectivity index (χ0n) is 16.0. The average Bonchev–Trinajstić information content (AvgIpc) is 3.01. The van der Waals surface area contributed by atoms with E-state index in [-0.39, 0.29) is 11.5 Å². The van der Waals surface area contributed by atoms with Crippen LogP contribution in [-0.2, 0) is 16.0 Å². The molecule has 2 amide bonds. The summed E-state index contributed by atoms with van der Waals surface area (Å²) in [6, 6.07) is 17.4. The fourth-order valence-electron chi connectivity index (χ4n) is 3.08. The van der Waals surface area contributed by atoms with E-state index in [0.29, 0.717) is 17.1 Å². The monoisotopic (exact) mass is 391 g/mol. The molecule has 0 saturated carbocycles. The van der Waals surface area contributed by atoms with Gasteiger partial charge in [0.15, 0.2) is 0 Å². The molecule has 0 radical (unpaired) electrons. The molecule has 28 heavy (non-hydrogen) atoms. The van der Waals surface area contributed by atoms with E-state index in [1.54, 1.807) is 0 Å². The zero-order chi connectivity index (χ0) is 20.3. The number of anilines is 1. The van der Waals surface area contributed by atoms with Gasteiger partial charge in [0, 0.05) is 12.7 Å². The Morgan fingerprint density at radius 3 is 2.46 bits per heavy atom. The normalized spacial score (nSPS) is 18.0. The van der Waals surface area contributed by atoms with Crippen molar-refractivity contribution in [2.45, 2.75) is 25.5 Å². The highest BCUT2D eigenvalue weighted by Crippen LogP contribution is 2.42. The molecule has 6 heteroatoms. The van der Waals surface area contributed by atoms with E-state index in [1.165, 1.54) is 23.7 Å². The first-order valence-electron chi connectivity index (χ1n) is 8.94. The Morgan fingerprint density at radius 1 is 1.18 bits per heavy atom. The molecular formula is C22H21N3O2S. The van der Waals surface area contributed by atoms with Crippen LogP contribution < -0.4 is 10.2 Å². The van der Waals surface area contributed by atoms with Crippen molar-refractivity contribution in [1.29, 1.82) is 5.26 Å². The lowest BCUT2D eigenvalue weighted by Crippen LogP contribution is -2.31. The number of hydrogen-bond donors (Lipinski definition) is 1. The van der Waals surface area contributed by atoms with Crippen LogP contribution in [0.2, 0.25) is 0 Å². The summed E-state index contributed by atoms with van der Waals surface area (Å²) in [5.74, 6) is -0.616. The SMILES string of the molecule is CNC(=O)/C(C#N)=C1/S[C@H](Cc2ccccc2C)C(=O)N1c1ccc(C)cc1. The predicted molar refractivity (Wildman–Crippen MR) is 112 cm³/mol. The maximum atomic E-state index is 13.3. The molecule has 0 unspecified atom stereocenters. The van der Waals surface area contributed by atoms with Gasteiger partial charge in [0.25, 0.3) is 5.91 Å². The number of carbonyl (C=O) groups is 2. The highest BCUT2D eigenvalue weighted by atomic mass is 32.2. The molecule has 1 aliphatic rings. The van der Waals surface area contributed by atoms with E-state index in [9.17, 15) is 14.9 Å². The van der Waals surface area contributed by atoms with Gasteiger partial charge in [-0.05, 0) is 43.5 Å². The predicted octanol–water partition coefficient (Wildman–Crippen LogP) is 3.48. The van der Waals surface area contributed by atoms with Gasteiger partial charge in [-0.2, -0.15) is 5.26 Å². The number of nitriles is 1. The van der Waals surface area contributed by atoms with Crippen LogP contribution in [0.25, 0.3) is 0 Å². The van der Waals surface area contributed by atoms with Gasteiger partial charge < -0.3 is 5.32 Å². The second-order valence-corrected chi connectivity index (χ2v) is 7.81. The van der Waals surface area contributed by atoms with Crippen LogP contribution in [-0.4, -0.2) is 24.1 Å². The lowest BCUT2D eigenvalue weighted by Gasteiger charge is -2.18. The Balaban J connectivity index is 2.06. The van der Waals surface area contributed by atoms with E-state index in [2.05, 4.69) is 5.32 Å². The number of rotatable bonds is 4. The van der Waals surface area contributed by atoms with Gasteiger partial charge in [-0.25, -0.2) is 0 Å². The summed E-state index contributed by atoms with van der Waals surface area (Å²) < 4.78 is 0. The number of nitrogens with one attached hydrogen (secondary N) is 1. The fourth-order valence-corrected chi connectivity index (χ4v) is 4.38. The van der Waals surface area contributed by atoms with Crippen molar-refractivity contribution in [2.75, 3.05) is 11.9 Å². The molecule has 3 rings (SSSR count). The molecule has 2 aromatic rings. The van der Waals surface area contributed by atoms with Crippen molar-refractivity contribution in [3.63, 3.8) is 0 Å². The first kappa shape index (κ1) is 19.7. The van der Waals surface area contributed by atoms with Crippen LogP contribution >= 0.6 is 11.8 Å². The third-order valence-electron chi connectivity index (χ3n) is 4.69. The Labute approximate surface area is 169 Å². The van der Waals surface area contributed by atoms with Gasteiger partial charge in [-0.1, -0.05) is 53.7 Å². The van der Waals surface area contributed by atoms with Crippen LogP contribution in [0.1, 0.15) is 16.7 Å². The first-order chi connectivity index (χ1) is 13.5. The highest BCUT2D eigenvalue weighted by Gasteiger charge is 2.40. The molecule has 1 atom stereocenters. The Hall–Kier alpha value is -3.04. The number of aryl methyl sites for hydroxylation is 2.